The van der Waals surface area contributed by atoms with Crippen molar-refractivity contribution < 1.29 is 24.2 Å². The molecule has 1 aromatic heterocycles. The molecule has 0 radical (unpaired) electrons. The number of ketones is 1. The van der Waals surface area contributed by atoms with E-state index in [9.17, 15) is 14.7 Å². The van der Waals surface area contributed by atoms with E-state index in [1.54, 1.807) is 69.2 Å². The predicted octanol–water partition coefficient (Wildman–Crippen LogP) is 3.41. The van der Waals surface area contributed by atoms with Gasteiger partial charge in [0.05, 0.1) is 32.2 Å². The molecule has 8 nitrogen and oxygen atoms in total. The number of benzene rings is 2. The van der Waals surface area contributed by atoms with Crippen LogP contribution in [0.3, 0.4) is 0 Å². The summed E-state index contributed by atoms with van der Waals surface area (Å²) in [7, 11) is 3.10. The molecule has 0 unspecified atom stereocenters. The third-order valence-corrected chi connectivity index (χ3v) is 5.69. The third-order valence-electron chi connectivity index (χ3n) is 5.69. The number of likely N-dealkylation sites (tertiary alicyclic amines) is 1. The van der Waals surface area contributed by atoms with Crippen LogP contribution in [0, 0.1) is 0 Å². The van der Waals surface area contributed by atoms with E-state index < -0.39 is 17.7 Å². The number of aliphatic hydroxyl groups is 1. The van der Waals surface area contributed by atoms with E-state index in [1.807, 2.05) is 16.8 Å². The lowest BCUT2D eigenvalue weighted by molar-refractivity contribution is -0.139. The maximum absolute atomic E-state index is 13.1. The fourth-order valence-electron chi connectivity index (χ4n) is 4.02. The Bertz CT molecular complexity index is 1170. The summed E-state index contributed by atoms with van der Waals surface area (Å²) in [5.41, 5.74) is 1.17. The molecule has 2 heterocycles. The standard InChI is InChI=1S/C25H25N3O5/c1-32-19-9-7-17(8-10-19)23(29)21-22(18-5-3-6-20(15-18)33-2)28(25(31)24(21)30)13-4-12-27-14-11-26-16-27/h3,5-11,14-16,22,29H,4,12-13H2,1-2H3/t22-/m0/s1. The molecular formula is C25H25N3O5. The van der Waals surface area contributed by atoms with Crippen LogP contribution < -0.4 is 9.47 Å². The van der Waals surface area contributed by atoms with E-state index in [0.29, 0.717) is 42.1 Å². The molecule has 1 saturated heterocycles. The van der Waals surface area contributed by atoms with Crippen LogP contribution in [-0.2, 0) is 16.1 Å². The molecule has 0 aliphatic carbocycles. The molecular weight excluding hydrogens is 422 g/mol. The van der Waals surface area contributed by atoms with Gasteiger partial charge < -0.3 is 24.0 Å². The summed E-state index contributed by atoms with van der Waals surface area (Å²) in [5, 5.41) is 11.1. The second kappa shape index (κ2) is 9.60. The van der Waals surface area contributed by atoms with Crippen molar-refractivity contribution in [2.75, 3.05) is 20.8 Å². The highest BCUT2D eigenvalue weighted by Gasteiger charge is 2.45. The van der Waals surface area contributed by atoms with Gasteiger partial charge in [-0.2, -0.15) is 0 Å². The summed E-state index contributed by atoms with van der Waals surface area (Å²) in [5.74, 6) is -0.347. The number of imidazole rings is 1. The second-order valence-electron chi connectivity index (χ2n) is 7.65. The highest BCUT2D eigenvalue weighted by molar-refractivity contribution is 6.46. The van der Waals surface area contributed by atoms with Gasteiger partial charge in [-0.3, -0.25) is 9.59 Å². The van der Waals surface area contributed by atoms with Gasteiger partial charge in [-0.15, -0.1) is 0 Å². The Labute approximate surface area is 191 Å². The van der Waals surface area contributed by atoms with Crippen molar-refractivity contribution in [1.82, 2.24) is 14.5 Å². The maximum atomic E-state index is 13.1. The Kier molecular flexibility index (Phi) is 6.44. The molecule has 3 aromatic rings. The van der Waals surface area contributed by atoms with Gasteiger partial charge in [0.25, 0.3) is 11.7 Å². The van der Waals surface area contributed by atoms with Crippen molar-refractivity contribution in [3.05, 3.63) is 84.0 Å². The van der Waals surface area contributed by atoms with E-state index in [4.69, 9.17) is 9.47 Å². The predicted molar refractivity (Wildman–Crippen MR) is 122 cm³/mol. The summed E-state index contributed by atoms with van der Waals surface area (Å²) in [6, 6.07) is 13.2. The Morgan fingerprint density at radius 1 is 1.03 bits per heavy atom. The summed E-state index contributed by atoms with van der Waals surface area (Å²) in [6.07, 6.45) is 5.86. The molecule has 2 aromatic carbocycles. The van der Waals surface area contributed by atoms with Gasteiger partial charge in [0.15, 0.2) is 0 Å². The SMILES string of the molecule is COc1ccc(C(O)=C2C(=O)C(=O)N(CCCn3ccnc3)[C@H]2c2cccc(OC)c2)cc1. The second-order valence-corrected chi connectivity index (χ2v) is 7.65. The lowest BCUT2D eigenvalue weighted by atomic mass is 9.95. The number of aliphatic hydroxyl groups excluding tert-OH is 1. The number of amides is 1. The molecule has 1 atom stereocenters. The lowest BCUT2D eigenvalue weighted by Crippen LogP contribution is -2.31. The van der Waals surface area contributed by atoms with Crippen molar-refractivity contribution >= 4 is 17.4 Å². The topological polar surface area (TPSA) is 93.9 Å². The molecule has 1 aliphatic rings. The largest absolute Gasteiger partial charge is 0.507 e. The Morgan fingerprint density at radius 2 is 1.79 bits per heavy atom. The Hall–Kier alpha value is -4.07. The molecule has 1 amide bonds. The van der Waals surface area contributed by atoms with Gasteiger partial charge in [-0.25, -0.2) is 4.98 Å². The first-order chi connectivity index (χ1) is 16.0. The monoisotopic (exact) mass is 447 g/mol. The number of nitrogens with zero attached hydrogens (tertiary/aromatic N) is 3. The molecule has 0 bridgehead atoms. The Balaban J connectivity index is 1.74. The number of rotatable bonds is 8. The zero-order chi connectivity index (χ0) is 23.4. The average molecular weight is 447 g/mol. The zero-order valence-corrected chi connectivity index (χ0v) is 18.5. The minimum atomic E-state index is -0.731. The quantitative estimate of drug-likeness (QED) is 0.323. The van der Waals surface area contributed by atoms with Crippen LogP contribution >= 0.6 is 0 Å². The minimum Gasteiger partial charge on any atom is -0.507 e. The van der Waals surface area contributed by atoms with Crippen LogP contribution in [0.25, 0.3) is 5.76 Å². The normalized spacial score (nSPS) is 17.4. The first-order valence-electron chi connectivity index (χ1n) is 10.6. The fourth-order valence-corrected chi connectivity index (χ4v) is 4.02. The van der Waals surface area contributed by atoms with E-state index >= 15 is 0 Å². The third kappa shape index (κ3) is 4.45. The number of hydrogen-bond acceptors (Lipinski definition) is 6. The first-order valence-corrected chi connectivity index (χ1v) is 10.6. The van der Waals surface area contributed by atoms with E-state index in [1.165, 1.54) is 4.90 Å². The number of ether oxygens (including phenoxy) is 2. The number of hydrogen-bond donors (Lipinski definition) is 1. The van der Waals surface area contributed by atoms with E-state index in [0.717, 1.165) is 0 Å². The van der Waals surface area contributed by atoms with Crippen LogP contribution in [0.4, 0.5) is 0 Å². The van der Waals surface area contributed by atoms with Crippen molar-refractivity contribution in [2.24, 2.45) is 0 Å². The number of aromatic nitrogens is 2. The van der Waals surface area contributed by atoms with Gasteiger partial charge in [0.1, 0.15) is 17.3 Å². The van der Waals surface area contributed by atoms with Gasteiger partial charge in [0, 0.05) is 31.0 Å². The average Bonchev–Trinajstić information content (AvgIpc) is 3.46. The van der Waals surface area contributed by atoms with Gasteiger partial charge >= 0.3 is 0 Å². The summed E-state index contributed by atoms with van der Waals surface area (Å²) in [4.78, 5) is 31.7. The molecule has 1 N–H and O–H groups in total. The molecule has 8 heteroatoms. The number of Topliss-reactive ketones (excluding diaryl/α,β-unsaturated/α-hetero) is 1. The minimum absolute atomic E-state index is 0.0565. The van der Waals surface area contributed by atoms with Crippen LogP contribution in [0.2, 0.25) is 0 Å². The summed E-state index contributed by atoms with van der Waals surface area (Å²) >= 11 is 0. The van der Waals surface area contributed by atoms with Gasteiger partial charge in [-0.1, -0.05) is 12.1 Å². The summed E-state index contributed by atoms with van der Waals surface area (Å²) in [6.45, 7) is 0.982. The van der Waals surface area contributed by atoms with Crippen LogP contribution in [0.15, 0.2) is 72.8 Å². The summed E-state index contributed by atoms with van der Waals surface area (Å²) < 4.78 is 12.4. The lowest BCUT2D eigenvalue weighted by Gasteiger charge is -2.25. The maximum Gasteiger partial charge on any atom is 0.295 e. The number of aryl methyl sites for hydroxylation is 1. The van der Waals surface area contributed by atoms with Crippen molar-refractivity contribution in [3.8, 4) is 11.5 Å². The van der Waals surface area contributed by atoms with Crippen LogP contribution in [0.5, 0.6) is 11.5 Å². The van der Waals surface area contributed by atoms with E-state index in [-0.39, 0.29) is 11.3 Å². The molecule has 1 aliphatic heterocycles. The smallest absolute Gasteiger partial charge is 0.295 e. The molecule has 33 heavy (non-hydrogen) atoms. The molecule has 4 rings (SSSR count). The van der Waals surface area contributed by atoms with Crippen molar-refractivity contribution in [2.45, 2.75) is 19.0 Å². The molecule has 0 spiro atoms. The van der Waals surface area contributed by atoms with Crippen molar-refractivity contribution in [1.29, 1.82) is 0 Å². The van der Waals surface area contributed by atoms with Crippen LogP contribution in [0.1, 0.15) is 23.6 Å². The first kappa shape index (κ1) is 22.1. The highest BCUT2D eigenvalue weighted by atomic mass is 16.5. The van der Waals surface area contributed by atoms with Gasteiger partial charge in [-0.05, 0) is 48.4 Å². The highest BCUT2D eigenvalue weighted by Crippen LogP contribution is 2.40. The zero-order valence-electron chi connectivity index (χ0n) is 18.5. The number of carbonyl (C=O) groups is 2. The van der Waals surface area contributed by atoms with Gasteiger partial charge in [0.2, 0.25) is 0 Å². The fraction of sp³-hybridized carbons (Fsp3) is 0.240. The number of carbonyl (C=O) groups excluding carboxylic acids is 2. The number of methoxy groups -OCH3 is 2. The van der Waals surface area contributed by atoms with Crippen molar-refractivity contribution in [3.63, 3.8) is 0 Å². The molecule has 0 saturated carbocycles. The van der Waals surface area contributed by atoms with Crippen LogP contribution in [-0.4, -0.2) is 52.0 Å². The molecule has 1 fully saturated rings. The molecule has 170 valence electrons. The van der Waals surface area contributed by atoms with E-state index in [2.05, 4.69) is 4.98 Å². The Morgan fingerprint density at radius 3 is 2.45 bits per heavy atom.